The quantitative estimate of drug-likeness (QED) is 0.832. The molecule has 1 aromatic heterocycles. The van der Waals surface area contributed by atoms with E-state index in [1.807, 2.05) is 42.7 Å². The Bertz CT molecular complexity index is 662. The highest BCUT2D eigenvalue weighted by Crippen LogP contribution is 2.41. The van der Waals surface area contributed by atoms with Crippen molar-refractivity contribution in [3.8, 4) is 0 Å². The zero-order chi connectivity index (χ0) is 14.9. The van der Waals surface area contributed by atoms with Crippen LogP contribution in [0.2, 0.25) is 0 Å². The first kappa shape index (κ1) is 13.9. The first-order valence-corrected chi connectivity index (χ1v) is 8.74. The van der Waals surface area contributed by atoms with Gasteiger partial charge in [-0.1, -0.05) is 42.1 Å². The van der Waals surface area contributed by atoms with E-state index in [1.54, 1.807) is 11.8 Å². The average Bonchev–Trinajstić information content (AvgIpc) is 3.47. The van der Waals surface area contributed by atoms with E-state index in [2.05, 4.69) is 14.9 Å². The lowest BCUT2D eigenvalue weighted by Gasteiger charge is -2.17. The Morgan fingerprint density at radius 1 is 1.23 bits per heavy atom. The number of rotatable bonds is 6. The molecule has 1 atom stereocenters. The third kappa shape index (κ3) is 3.04. The van der Waals surface area contributed by atoms with E-state index in [0.717, 1.165) is 23.6 Å². The Labute approximate surface area is 134 Å². The lowest BCUT2D eigenvalue weighted by Crippen LogP contribution is -2.29. The van der Waals surface area contributed by atoms with Crippen LogP contribution in [-0.2, 0) is 4.79 Å². The van der Waals surface area contributed by atoms with Crippen LogP contribution in [0.25, 0.3) is 0 Å². The van der Waals surface area contributed by atoms with Crippen molar-refractivity contribution in [2.24, 2.45) is 0 Å². The Hall–Kier alpha value is -1.75. The van der Waals surface area contributed by atoms with Crippen LogP contribution in [0.5, 0.6) is 0 Å². The summed E-state index contributed by atoms with van der Waals surface area (Å²) in [4.78, 5) is 17.1. The SMILES string of the molecule is O=C(NC1CC1)C(Sc1nccn1C1CC1)c1ccccc1. The second kappa shape index (κ2) is 5.80. The van der Waals surface area contributed by atoms with Crippen molar-refractivity contribution in [3.63, 3.8) is 0 Å². The van der Waals surface area contributed by atoms with Crippen LogP contribution < -0.4 is 5.32 Å². The van der Waals surface area contributed by atoms with Crippen LogP contribution in [-0.4, -0.2) is 21.5 Å². The maximum absolute atomic E-state index is 12.6. The Morgan fingerprint density at radius 3 is 2.68 bits per heavy atom. The Kier molecular flexibility index (Phi) is 3.66. The topological polar surface area (TPSA) is 46.9 Å². The number of carbonyl (C=O) groups is 1. The van der Waals surface area contributed by atoms with Gasteiger partial charge in [-0.3, -0.25) is 4.79 Å². The number of aromatic nitrogens is 2. The van der Waals surface area contributed by atoms with Gasteiger partial charge in [0.2, 0.25) is 5.91 Å². The molecular weight excluding hydrogens is 294 g/mol. The fourth-order valence-electron chi connectivity index (χ4n) is 2.53. The van der Waals surface area contributed by atoms with Crippen LogP contribution in [0, 0.1) is 0 Å². The maximum atomic E-state index is 12.6. The molecule has 2 fully saturated rings. The molecule has 1 unspecified atom stereocenters. The minimum atomic E-state index is -0.235. The molecule has 2 aromatic rings. The minimum absolute atomic E-state index is 0.101. The molecule has 0 spiro atoms. The molecule has 2 aliphatic rings. The zero-order valence-electron chi connectivity index (χ0n) is 12.3. The van der Waals surface area contributed by atoms with Gasteiger partial charge in [0.1, 0.15) is 5.25 Å². The number of thioether (sulfide) groups is 1. The summed E-state index contributed by atoms with van der Waals surface area (Å²) in [6.45, 7) is 0. The normalized spacial score (nSPS) is 18.9. The van der Waals surface area contributed by atoms with Crippen molar-refractivity contribution in [1.82, 2.24) is 14.9 Å². The molecule has 2 saturated carbocycles. The summed E-state index contributed by atoms with van der Waals surface area (Å²) in [6.07, 6.45) is 8.51. The third-order valence-electron chi connectivity index (χ3n) is 4.06. The summed E-state index contributed by atoms with van der Waals surface area (Å²) in [5.74, 6) is 0.101. The van der Waals surface area contributed by atoms with E-state index in [-0.39, 0.29) is 11.2 Å². The molecule has 22 heavy (non-hydrogen) atoms. The smallest absolute Gasteiger partial charge is 0.238 e. The van der Waals surface area contributed by atoms with Gasteiger partial charge in [-0.2, -0.15) is 0 Å². The Morgan fingerprint density at radius 2 is 2.00 bits per heavy atom. The minimum Gasteiger partial charge on any atom is -0.352 e. The predicted molar refractivity (Wildman–Crippen MR) is 86.7 cm³/mol. The first-order valence-electron chi connectivity index (χ1n) is 7.86. The highest BCUT2D eigenvalue weighted by molar-refractivity contribution is 8.00. The second-order valence-corrected chi connectivity index (χ2v) is 7.11. The number of hydrogen-bond donors (Lipinski definition) is 1. The molecule has 2 aliphatic carbocycles. The van der Waals surface area contributed by atoms with E-state index in [9.17, 15) is 4.79 Å². The predicted octanol–water partition coefficient (Wildman–Crippen LogP) is 3.33. The summed E-state index contributed by atoms with van der Waals surface area (Å²) in [7, 11) is 0. The summed E-state index contributed by atoms with van der Waals surface area (Å²) < 4.78 is 2.21. The third-order valence-corrected chi connectivity index (χ3v) is 5.31. The van der Waals surface area contributed by atoms with Gasteiger partial charge < -0.3 is 9.88 Å². The average molecular weight is 313 g/mol. The summed E-state index contributed by atoms with van der Waals surface area (Å²) in [6, 6.07) is 11.0. The van der Waals surface area contributed by atoms with Crippen molar-refractivity contribution < 1.29 is 4.79 Å². The van der Waals surface area contributed by atoms with Crippen LogP contribution in [0.3, 0.4) is 0 Å². The van der Waals surface area contributed by atoms with E-state index in [0.29, 0.717) is 12.1 Å². The van der Waals surface area contributed by atoms with Gasteiger partial charge >= 0.3 is 0 Å². The van der Waals surface area contributed by atoms with Gasteiger partial charge in [-0.05, 0) is 31.2 Å². The molecule has 4 rings (SSSR count). The highest BCUT2D eigenvalue weighted by Gasteiger charge is 2.32. The number of carbonyl (C=O) groups excluding carboxylic acids is 1. The van der Waals surface area contributed by atoms with E-state index >= 15 is 0 Å². The lowest BCUT2D eigenvalue weighted by molar-refractivity contribution is -0.120. The molecule has 0 saturated heterocycles. The molecule has 0 bridgehead atoms. The standard InChI is InChI=1S/C17H19N3OS/c21-16(19-13-6-7-13)15(12-4-2-1-3-5-12)22-17-18-10-11-20(17)14-8-9-14/h1-5,10-11,13-15H,6-9H2,(H,19,21). The number of amides is 1. The van der Waals surface area contributed by atoms with E-state index in [4.69, 9.17) is 0 Å². The van der Waals surface area contributed by atoms with Crippen LogP contribution in [0.4, 0.5) is 0 Å². The fraction of sp³-hybridized carbons (Fsp3) is 0.412. The largest absolute Gasteiger partial charge is 0.352 e. The summed E-state index contributed by atoms with van der Waals surface area (Å²) in [5, 5.41) is 3.84. The van der Waals surface area contributed by atoms with Gasteiger partial charge in [-0.25, -0.2) is 4.98 Å². The van der Waals surface area contributed by atoms with Crippen molar-refractivity contribution in [3.05, 3.63) is 48.3 Å². The molecule has 1 amide bonds. The Balaban J connectivity index is 1.58. The molecule has 0 aliphatic heterocycles. The number of imidazole rings is 1. The number of nitrogens with zero attached hydrogens (tertiary/aromatic N) is 2. The molecule has 1 aromatic carbocycles. The van der Waals surface area contributed by atoms with Crippen molar-refractivity contribution >= 4 is 17.7 Å². The van der Waals surface area contributed by atoms with Gasteiger partial charge in [0, 0.05) is 24.5 Å². The van der Waals surface area contributed by atoms with Gasteiger partial charge in [0.25, 0.3) is 0 Å². The van der Waals surface area contributed by atoms with Gasteiger partial charge in [0.05, 0.1) is 0 Å². The molecule has 1 heterocycles. The zero-order valence-corrected chi connectivity index (χ0v) is 13.1. The molecular formula is C17H19N3OS. The molecule has 4 nitrogen and oxygen atoms in total. The summed E-state index contributed by atoms with van der Waals surface area (Å²) >= 11 is 1.56. The van der Waals surface area contributed by atoms with E-state index < -0.39 is 0 Å². The maximum Gasteiger partial charge on any atom is 0.238 e. The molecule has 114 valence electrons. The van der Waals surface area contributed by atoms with Crippen molar-refractivity contribution in [1.29, 1.82) is 0 Å². The number of benzene rings is 1. The van der Waals surface area contributed by atoms with Crippen molar-refractivity contribution in [2.75, 3.05) is 0 Å². The first-order chi connectivity index (χ1) is 10.8. The molecule has 1 N–H and O–H groups in total. The second-order valence-electron chi connectivity index (χ2n) is 6.04. The molecule has 0 radical (unpaired) electrons. The number of hydrogen-bond acceptors (Lipinski definition) is 3. The van der Waals surface area contributed by atoms with Crippen LogP contribution >= 0.6 is 11.8 Å². The summed E-state index contributed by atoms with van der Waals surface area (Å²) in [5.41, 5.74) is 1.04. The lowest BCUT2D eigenvalue weighted by atomic mass is 10.1. The monoisotopic (exact) mass is 313 g/mol. The van der Waals surface area contributed by atoms with E-state index in [1.165, 1.54) is 12.8 Å². The van der Waals surface area contributed by atoms with Gasteiger partial charge in [0.15, 0.2) is 5.16 Å². The van der Waals surface area contributed by atoms with Gasteiger partial charge in [-0.15, -0.1) is 0 Å². The highest BCUT2D eigenvalue weighted by atomic mass is 32.2. The van der Waals surface area contributed by atoms with Crippen LogP contribution in [0.15, 0.2) is 47.9 Å². The van der Waals surface area contributed by atoms with Crippen molar-refractivity contribution in [2.45, 2.75) is 48.2 Å². The fourth-order valence-corrected chi connectivity index (χ4v) is 3.66. The van der Waals surface area contributed by atoms with Crippen LogP contribution in [0.1, 0.15) is 42.5 Å². The number of nitrogens with one attached hydrogen (secondary N) is 1. The molecule has 5 heteroatoms.